The molecule has 2 aromatic carbocycles. The summed E-state index contributed by atoms with van der Waals surface area (Å²) in [6, 6.07) is 17.2. The van der Waals surface area contributed by atoms with Crippen LogP contribution in [0.15, 0.2) is 60.8 Å². The molecular weight excluding hydrogens is 238 g/mol. The molecule has 0 aliphatic heterocycles. The van der Waals surface area contributed by atoms with E-state index in [4.69, 9.17) is 0 Å². The second kappa shape index (κ2) is 4.94. The van der Waals surface area contributed by atoms with Crippen molar-refractivity contribution in [3.05, 3.63) is 66.4 Å². The molecule has 0 saturated heterocycles. The maximum atomic E-state index is 9.32. The van der Waals surface area contributed by atoms with Crippen molar-refractivity contribution in [1.82, 2.24) is 15.0 Å². The number of benzene rings is 2. The third-order valence-electron chi connectivity index (χ3n) is 2.96. The average Bonchev–Trinajstić information content (AvgIpc) is 2.89. The zero-order chi connectivity index (χ0) is 13.1. The second-order valence-corrected chi connectivity index (χ2v) is 4.31. The second-order valence-electron chi connectivity index (χ2n) is 4.31. The van der Waals surface area contributed by atoms with Crippen LogP contribution in [0.5, 0.6) is 5.75 Å². The smallest absolute Gasteiger partial charge is 0.115 e. The number of aromatic nitrogens is 3. The highest BCUT2D eigenvalue weighted by Crippen LogP contribution is 2.21. The highest BCUT2D eigenvalue weighted by Gasteiger charge is 2.07. The molecule has 0 saturated carbocycles. The summed E-state index contributed by atoms with van der Waals surface area (Å²) in [6.07, 6.45) is 1.73. The molecule has 0 aliphatic rings. The molecule has 19 heavy (non-hydrogen) atoms. The molecule has 1 heterocycles. The first kappa shape index (κ1) is 11.5. The van der Waals surface area contributed by atoms with Crippen molar-refractivity contribution in [3.8, 4) is 17.0 Å². The SMILES string of the molecule is Oc1ccc(-c2cnnn2Cc2ccccc2)cc1. The molecule has 3 aromatic rings. The first-order valence-electron chi connectivity index (χ1n) is 6.05. The summed E-state index contributed by atoms with van der Waals surface area (Å²) in [6.45, 7) is 0.678. The minimum absolute atomic E-state index is 0.255. The Morgan fingerprint density at radius 3 is 2.42 bits per heavy atom. The molecule has 0 fully saturated rings. The van der Waals surface area contributed by atoms with Gasteiger partial charge in [0, 0.05) is 5.56 Å². The standard InChI is InChI=1S/C15H13N3O/c19-14-8-6-13(7-9-14)15-10-16-17-18(15)11-12-4-2-1-3-5-12/h1-10,19H,11H2. The highest BCUT2D eigenvalue weighted by atomic mass is 16.3. The molecule has 3 rings (SSSR count). The van der Waals surface area contributed by atoms with Crippen LogP contribution in [0.1, 0.15) is 5.56 Å². The molecule has 0 amide bonds. The van der Waals surface area contributed by atoms with Crippen LogP contribution in [0, 0.1) is 0 Å². The fourth-order valence-electron chi connectivity index (χ4n) is 1.99. The third kappa shape index (κ3) is 2.47. The van der Waals surface area contributed by atoms with Gasteiger partial charge in [0.1, 0.15) is 5.75 Å². The summed E-state index contributed by atoms with van der Waals surface area (Å²) < 4.78 is 1.85. The van der Waals surface area contributed by atoms with Gasteiger partial charge in [-0.3, -0.25) is 0 Å². The van der Waals surface area contributed by atoms with Crippen LogP contribution in [0.4, 0.5) is 0 Å². The fourth-order valence-corrected chi connectivity index (χ4v) is 1.99. The Kier molecular flexibility index (Phi) is 2.98. The molecule has 0 aliphatic carbocycles. The lowest BCUT2D eigenvalue weighted by Gasteiger charge is -2.06. The van der Waals surface area contributed by atoms with Crippen LogP contribution in [0.3, 0.4) is 0 Å². The van der Waals surface area contributed by atoms with Crippen molar-refractivity contribution >= 4 is 0 Å². The van der Waals surface area contributed by atoms with E-state index < -0.39 is 0 Å². The molecule has 0 atom stereocenters. The Bertz CT molecular complexity index is 659. The van der Waals surface area contributed by atoms with Crippen molar-refractivity contribution in [2.24, 2.45) is 0 Å². The summed E-state index contributed by atoms with van der Waals surface area (Å²) in [4.78, 5) is 0. The van der Waals surface area contributed by atoms with Gasteiger partial charge < -0.3 is 5.11 Å². The van der Waals surface area contributed by atoms with E-state index in [9.17, 15) is 5.11 Å². The van der Waals surface area contributed by atoms with E-state index in [2.05, 4.69) is 22.4 Å². The minimum Gasteiger partial charge on any atom is -0.508 e. The number of nitrogens with zero attached hydrogens (tertiary/aromatic N) is 3. The molecule has 0 bridgehead atoms. The van der Waals surface area contributed by atoms with Crippen LogP contribution in [-0.4, -0.2) is 20.1 Å². The average molecular weight is 251 g/mol. The van der Waals surface area contributed by atoms with E-state index in [1.54, 1.807) is 18.3 Å². The maximum Gasteiger partial charge on any atom is 0.115 e. The van der Waals surface area contributed by atoms with Gasteiger partial charge in [0.2, 0.25) is 0 Å². The maximum absolute atomic E-state index is 9.32. The first-order chi connectivity index (χ1) is 9.33. The molecule has 4 heteroatoms. The van der Waals surface area contributed by atoms with Gasteiger partial charge in [-0.05, 0) is 29.8 Å². The summed E-state index contributed by atoms with van der Waals surface area (Å²) in [7, 11) is 0. The predicted octanol–water partition coefficient (Wildman–Crippen LogP) is 2.70. The monoisotopic (exact) mass is 251 g/mol. The number of phenolic OH excluding ortho intramolecular Hbond substituents is 1. The summed E-state index contributed by atoms with van der Waals surface area (Å²) in [5, 5.41) is 17.4. The van der Waals surface area contributed by atoms with E-state index in [0.717, 1.165) is 11.3 Å². The van der Waals surface area contributed by atoms with Crippen LogP contribution >= 0.6 is 0 Å². The van der Waals surface area contributed by atoms with Crippen LogP contribution in [-0.2, 0) is 6.54 Å². The van der Waals surface area contributed by atoms with E-state index in [1.165, 1.54) is 5.56 Å². The number of aromatic hydroxyl groups is 1. The topological polar surface area (TPSA) is 50.9 Å². The summed E-state index contributed by atoms with van der Waals surface area (Å²) in [5.74, 6) is 0.255. The van der Waals surface area contributed by atoms with E-state index >= 15 is 0 Å². The van der Waals surface area contributed by atoms with Crippen molar-refractivity contribution in [2.75, 3.05) is 0 Å². The largest absolute Gasteiger partial charge is 0.508 e. The normalized spacial score (nSPS) is 10.5. The Balaban J connectivity index is 1.92. The molecule has 1 N–H and O–H groups in total. The van der Waals surface area contributed by atoms with Gasteiger partial charge in [0.15, 0.2) is 0 Å². The molecule has 4 nitrogen and oxygen atoms in total. The Hall–Kier alpha value is -2.62. The van der Waals surface area contributed by atoms with Crippen LogP contribution in [0.2, 0.25) is 0 Å². The van der Waals surface area contributed by atoms with Crippen molar-refractivity contribution in [1.29, 1.82) is 0 Å². The third-order valence-corrected chi connectivity index (χ3v) is 2.96. The van der Waals surface area contributed by atoms with Gasteiger partial charge in [0.25, 0.3) is 0 Å². The van der Waals surface area contributed by atoms with Gasteiger partial charge in [-0.2, -0.15) is 0 Å². The molecule has 0 spiro atoms. The zero-order valence-corrected chi connectivity index (χ0v) is 10.3. The number of hydrogen-bond acceptors (Lipinski definition) is 3. The quantitative estimate of drug-likeness (QED) is 0.778. The van der Waals surface area contributed by atoms with Crippen molar-refractivity contribution in [3.63, 3.8) is 0 Å². The van der Waals surface area contributed by atoms with Gasteiger partial charge >= 0.3 is 0 Å². The van der Waals surface area contributed by atoms with Crippen LogP contribution < -0.4 is 0 Å². The zero-order valence-electron chi connectivity index (χ0n) is 10.3. The summed E-state index contributed by atoms with van der Waals surface area (Å²) >= 11 is 0. The summed E-state index contributed by atoms with van der Waals surface area (Å²) in [5.41, 5.74) is 3.09. The minimum atomic E-state index is 0.255. The lowest BCUT2D eigenvalue weighted by Crippen LogP contribution is -2.03. The van der Waals surface area contributed by atoms with E-state index in [1.807, 2.05) is 35.0 Å². The molecular formula is C15H13N3O. The van der Waals surface area contributed by atoms with Crippen LogP contribution in [0.25, 0.3) is 11.3 Å². The highest BCUT2D eigenvalue weighted by molar-refractivity contribution is 5.59. The van der Waals surface area contributed by atoms with Crippen molar-refractivity contribution in [2.45, 2.75) is 6.54 Å². The predicted molar refractivity (Wildman–Crippen MR) is 72.7 cm³/mol. The lowest BCUT2D eigenvalue weighted by atomic mass is 10.1. The van der Waals surface area contributed by atoms with Gasteiger partial charge in [-0.1, -0.05) is 35.5 Å². The van der Waals surface area contributed by atoms with Gasteiger partial charge in [-0.25, -0.2) is 4.68 Å². The van der Waals surface area contributed by atoms with E-state index in [-0.39, 0.29) is 5.75 Å². The molecule has 0 unspecified atom stereocenters. The van der Waals surface area contributed by atoms with Crippen molar-refractivity contribution < 1.29 is 5.11 Å². The Labute approximate surface area is 111 Å². The lowest BCUT2D eigenvalue weighted by molar-refractivity contribution is 0.475. The molecule has 0 radical (unpaired) electrons. The number of phenols is 1. The molecule has 1 aromatic heterocycles. The van der Waals surface area contributed by atoms with Gasteiger partial charge in [-0.15, -0.1) is 5.10 Å². The number of hydrogen-bond donors (Lipinski definition) is 1. The Morgan fingerprint density at radius 1 is 0.947 bits per heavy atom. The Morgan fingerprint density at radius 2 is 1.68 bits per heavy atom. The number of rotatable bonds is 3. The molecule has 94 valence electrons. The fraction of sp³-hybridized carbons (Fsp3) is 0.0667. The van der Waals surface area contributed by atoms with E-state index in [0.29, 0.717) is 6.54 Å². The van der Waals surface area contributed by atoms with Gasteiger partial charge in [0.05, 0.1) is 18.4 Å². The first-order valence-corrected chi connectivity index (χ1v) is 6.05.